The number of carbonyl (C=O) groups is 1. The van der Waals surface area contributed by atoms with E-state index in [1.165, 1.54) is 11.2 Å². The van der Waals surface area contributed by atoms with Gasteiger partial charge in [-0.15, -0.1) is 0 Å². The fraction of sp³-hybridized carbons (Fsp3) is 0.889. The molecular weight excluding hydrogens is 232 g/mol. The molecule has 1 aliphatic heterocycles. The highest BCUT2D eigenvalue weighted by Crippen LogP contribution is 2.27. The Labute approximate surface area is 95.5 Å². The van der Waals surface area contributed by atoms with Crippen LogP contribution in [0.25, 0.3) is 0 Å². The molecule has 3 N–H and O–H groups in total. The highest BCUT2D eigenvalue weighted by molar-refractivity contribution is 7.90. The minimum Gasteiger partial charge on any atom is -0.480 e. The summed E-state index contributed by atoms with van der Waals surface area (Å²) >= 11 is 0. The van der Waals surface area contributed by atoms with E-state index in [0.29, 0.717) is 19.5 Å². The first-order valence-electron chi connectivity index (χ1n) is 5.24. The summed E-state index contributed by atoms with van der Waals surface area (Å²) in [7, 11) is -3.75. The maximum absolute atomic E-state index is 12.0. The van der Waals surface area contributed by atoms with Crippen molar-refractivity contribution in [3.8, 4) is 0 Å². The summed E-state index contributed by atoms with van der Waals surface area (Å²) in [4.78, 5) is 10.7. The van der Waals surface area contributed by atoms with Crippen LogP contribution in [0.5, 0.6) is 0 Å². The minimum absolute atomic E-state index is 0.130. The highest BCUT2D eigenvalue weighted by atomic mass is 32.2. The second kappa shape index (κ2) is 4.68. The molecule has 0 spiro atoms. The van der Waals surface area contributed by atoms with Crippen LogP contribution >= 0.6 is 0 Å². The maximum atomic E-state index is 12.0. The van der Waals surface area contributed by atoms with E-state index in [9.17, 15) is 13.2 Å². The van der Waals surface area contributed by atoms with Gasteiger partial charge in [-0.2, -0.15) is 4.31 Å². The first-order chi connectivity index (χ1) is 7.30. The number of nitrogens with two attached hydrogens (primary N) is 1. The van der Waals surface area contributed by atoms with Crippen LogP contribution in [-0.4, -0.2) is 48.2 Å². The average Bonchev–Trinajstić information content (AvgIpc) is 2.58. The molecule has 0 aromatic heterocycles. The molecular formula is C9H18N2O4S. The van der Waals surface area contributed by atoms with Gasteiger partial charge in [0.1, 0.15) is 0 Å². The Balaban J connectivity index is 2.89. The van der Waals surface area contributed by atoms with Crippen molar-refractivity contribution in [1.82, 2.24) is 4.31 Å². The molecule has 3 unspecified atom stereocenters. The number of carboxylic acid groups (broad SMARTS) is 1. The molecule has 7 heteroatoms. The van der Waals surface area contributed by atoms with Crippen molar-refractivity contribution in [1.29, 1.82) is 0 Å². The normalized spacial score (nSPS) is 29.2. The Morgan fingerprint density at radius 3 is 2.56 bits per heavy atom. The van der Waals surface area contributed by atoms with Crippen molar-refractivity contribution in [2.75, 3.05) is 13.1 Å². The van der Waals surface area contributed by atoms with Gasteiger partial charge in [0.2, 0.25) is 10.0 Å². The average molecular weight is 250 g/mol. The van der Waals surface area contributed by atoms with E-state index in [0.717, 1.165) is 0 Å². The first-order valence-corrected chi connectivity index (χ1v) is 6.74. The lowest BCUT2D eigenvalue weighted by atomic mass is 10.1. The van der Waals surface area contributed by atoms with Gasteiger partial charge in [0.25, 0.3) is 0 Å². The van der Waals surface area contributed by atoms with Gasteiger partial charge in [-0.3, -0.25) is 4.79 Å². The summed E-state index contributed by atoms with van der Waals surface area (Å²) in [6.07, 6.45) is 0.696. The van der Waals surface area contributed by atoms with Crippen LogP contribution in [0.4, 0.5) is 0 Å². The highest BCUT2D eigenvalue weighted by Gasteiger charge is 2.41. The Morgan fingerprint density at radius 2 is 2.19 bits per heavy atom. The fourth-order valence-corrected chi connectivity index (χ4v) is 3.63. The molecule has 1 saturated heterocycles. The van der Waals surface area contributed by atoms with Gasteiger partial charge in [-0.05, 0) is 32.7 Å². The van der Waals surface area contributed by atoms with Gasteiger partial charge in [-0.1, -0.05) is 0 Å². The fourth-order valence-electron chi connectivity index (χ4n) is 1.96. The molecule has 16 heavy (non-hydrogen) atoms. The van der Waals surface area contributed by atoms with Crippen LogP contribution < -0.4 is 5.73 Å². The largest absolute Gasteiger partial charge is 0.480 e. The summed E-state index contributed by atoms with van der Waals surface area (Å²) in [6, 6.07) is -0.166. The molecule has 0 saturated carbocycles. The Hall–Kier alpha value is -0.660. The molecule has 0 radical (unpaired) electrons. The van der Waals surface area contributed by atoms with Crippen molar-refractivity contribution in [2.24, 2.45) is 11.7 Å². The Bertz CT molecular complexity index is 368. The van der Waals surface area contributed by atoms with Crippen LogP contribution in [0.3, 0.4) is 0 Å². The van der Waals surface area contributed by atoms with Gasteiger partial charge in [-0.25, -0.2) is 8.42 Å². The van der Waals surface area contributed by atoms with E-state index < -0.39 is 21.2 Å². The van der Waals surface area contributed by atoms with E-state index in [-0.39, 0.29) is 12.0 Å². The molecule has 0 aromatic rings. The van der Waals surface area contributed by atoms with Gasteiger partial charge in [0.05, 0.1) is 0 Å². The third kappa shape index (κ3) is 2.36. The Morgan fingerprint density at radius 1 is 1.62 bits per heavy atom. The van der Waals surface area contributed by atoms with Crippen LogP contribution in [0, 0.1) is 5.92 Å². The molecule has 0 aromatic carbocycles. The third-order valence-electron chi connectivity index (χ3n) is 3.06. The van der Waals surface area contributed by atoms with E-state index in [1.54, 1.807) is 6.92 Å². The number of rotatable bonds is 4. The van der Waals surface area contributed by atoms with Crippen LogP contribution in [0.15, 0.2) is 0 Å². The number of sulfonamides is 1. The first kappa shape index (κ1) is 13.4. The zero-order valence-electron chi connectivity index (χ0n) is 9.46. The van der Waals surface area contributed by atoms with Crippen molar-refractivity contribution in [3.05, 3.63) is 0 Å². The van der Waals surface area contributed by atoms with Crippen LogP contribution in [0.1, 0.15) is 20.3 Å². The van der Waals surface area contributed by atoms with Crippen molar-refractivity contribution in [2.45, 2.75) is 31.6 Å². The summed E-state index contributed by atoms with van der Waals surface area (Å²) < 4.78 is 25.2. The van der Waals surface area contributed by atoms with E-state index in [1.807, 2.05) is 0 Å². The standard InChI is InChI=1S/C9H18N2O4S/c1-6-3-8(4-10)5-11(6)16(14,15)7(2)9(12)13/h6-8H,3-5,10H2,1-2H3,(H,12,13). The minimum atomic E-state index is -3.75. The number of hydrogen-bond acceptors (Lipinski definition) is 4. The molecule has 3 atom stereocenters. The monoisotopic (exact) mass is 250 g/mol. The van der Waals surface area contributed by atoms with E-state index >= 15 is 0 Å². The summed E-state index contributed by atoms with van der Waals surface area (Å²) in [6.45, 7) is 3.73. The van der Waals surface area contributed by atoms with Crippen molar-refractivity contribution in [3.63, 3.8) is 0 Å². The lowest BCUT2D eigenvalue weighted by molar-refractivity contribution is -0.136. The lowest BCUT2D eigenvalue weighted by Gasteiger charge is -2.23. The van der Waals surface area contributed by atoms with Gasteiger partial charge in [0, 0.05) is 12.6 Å². The third-order valence-corrected chi connectivity index (χ3v) is 5.32. The second-order valence-electron chi connectivity index (χ2n) is 4.28. The second-order valence-corrected chi connectivity index (χ2v) is 6.49. The molecule has 0 aliphatic carbocycles. The number of carboxylic acids is 1. The molecule has 0 bridgehead atoms. The molecule has 1 fully saturated rings. The topological polar surface area (TPSA) is 101 Å². The number of aliphatic carboxylic acids is 1. The van der Waals surface area contributed by atoms with Gasteiger partial charge < -0.3 is 10.8 Å². The van der Waals surface area contributed by atoms with Crippen molar-refractivity contribution >= 4 is 16.0 Å². The summed E-state index contributed by atoms with van der Waals surface area (Å²) in [5.74, 6) is -1.19. The molecule has 1 aliphatic rings. The quantitative estimate of drug-likeness (QED) is 0.697. The number of nitrogens with zero attached hydrogens (tertiary/aromatic N) is 1. The zero-order chi connectivity index (χ0) is 12.5. The summed E-state index contributed by atoms with van der Waals surface area (Å²) in [5, 5.41) is 7.36. The molecule has 1 heterocycles. The van der Waals surface area contributed by atoms with E-state index in [2.05, 4.69) is 0 Å². The smallest absolute Gasteiger partial charge is 0.323 e. The zero-order valence-corrected chi connectivity index (χ0v) is 10.3. The van der Waals surface area contributed by atoms with Crippen molar-refractivity contribution < 1.29 is 18.3 Å². The van der Waals surface area contributed by atoms with Gasteiger partial charge in [0.15, 0.2) is 5.25 Å². The molecule has 94 valence electrons. The number of hydrogen-bond donors (Lipinski definition) is 2. The lowest BCUT2D eigenvalue weighted by Crippen LogP contribution is -2.43. The molecule has 0 amide bonds. The van der Waals surface area contributed by atoms with Crippen LogP contribution in [0.2, 0.25) is 0 Å². The Kier molecular flexibility index (Phi) is 3.92. The maximum Gasteiger partial charge on any atom is 0.323 e. The molecule has 6 nitrogen and oxygen atoms in total. The summed E-state index contributed by atoms with van der Waals surface area (Å²) in [5.41, 5.74) is 5.50. The van der Waals surface area contributed by atoms with Gasteiger partial charge >= 0.3 is 5.97 Å². The van der Waals surface area contributed by atoms with Crippen LogP contribution in [-0.2, 0) is 14.8 Å². The SMILES string of the molecule is CC1CC(CN)CN1S(=O)(=O)C(C)C(=O)O. The molecule has 1 rings (SSSR count). The van der Waals surface area contributed by atoms with E-state index in [4.69, 9.17) is 10.8 Å². The predicted octanol–water partition coefficient (Wildman–Crippen LogP) is -0.542. The predicted molar refractivity (Wildman–Crippen MR) is 59.3 cm³/mol.